The van der Waals surface area contributed by atoms with Crippen molar-refractivity contribution in [1.82, 2.24) is 14.9 Å². The molecule has 1 unspecified atom stereocenters. The number of piperazine rings is 1. The molecule has 1 aliphatic heterocycles. The number of hydrogen-bond donors (Lipinski definition) is 1. The lowest BCUT2D eigenvalue weighted by molar-refractivity contribution is -0.137. The predicted molar refractivity (Wildman–Crippen MR) is 127 cm³/mol. The Balaban J connectivity index is 1.82. The third-order valence-electron chi connectivity index (χ3n) is 5.52. The molecule has 166 valence electrons. The first-order valence-corrected chi connectivity index (χ1v) is 10.7. The fourth-order valence-electron chi connectivity index (χ4n) is 3.97. The van der Waals surface area contributed by atoms with E-state index in [2.05, 4.69) is 22.6 Å². The van der Waals surface area contributed by atoms with Gasteiger partial charge in [0.25, 0.3) is 0 Å². The molecule has 2 amide bonds. The quantitative estimate of drug-likeness (QED) is 0.573. The van der Waals surface area contributed by atoms with E-state index in [1.54, 1.807) is 23.1 Å². The first-order chi connectivity index (χ1) is 15.8. The van der Waals surface area contributed by atoms with Gasteiger partial charge in [-0.25, -0.2) is 9.97 Å². The standard InChI is InChI=1S/C23H18Cl2N6O2/c1-2-21(32)31-15(9-26)10-30(11-20(31)22(27)33)23-17-7-16(13-3-5-14(24)6-4-13)18(25)8-19(17)28-12-29-23/h2-8,12,15,20H,1,10-11H2,(H2,27,33)/t15?,20-/m0/s1. The van der Waals surface area contributed by atoms with Crippen molar-refractivity contribution in [1.29, 1.82) is 5.26 Å². The van der Waals surface area contributed by atoms with Gasteiger partial charge in [-0.1, -0.05) is 41.9 Å². The number of hydrogen-bond acceptors (Lipinski definition) is 6. The van der Waals surface area contributed by atoms with Crippen molar-refractivity contribution >= 4 is 51.7 Å². The smallest absolute Gasteiger partial charge is 0.247 e. The van der Waals surface area contributed by atoms with Crippen molar-refractivity contribution < 1.29 is 9.59 Å². The van der Waals surface area contributed by atoms with Crippen LogP contribution in [0.4, 0.5) is 5.82 Å². The van der Waals surface area contributed by atoms with Gasteiger partial charge in [-0.3, -0.25) is 9.59 Å². The molecule has 2 atom stereocenters. The number of benzene rings is 2. The summed E-state index contributed by atoms with van der Waals surface area (Å²) < 4.78 is 0. The minimum Gasteiger partial charge on any atom is -0.368 e. The van der Waals surface area contributed by atoms with Crippen LogP contribution >= 0.6 is 23.2 Å². The van der Waals surface area contributed by atoms with Crippen molar-refractivity contribution in [2.45, 2.75) is 12.1 Å². The Hall–Kier alpha value is -3.67. The summed E-state index contributed by atoms with van der Waals surface area (Å²) in [6.07, 6.45) is 2.45. The van der Waals surface area contributed by atoms with E-state index in [1.165, 1.54) is 11.2 Å². The highest BCUT2D eigenvalue weighted by Gasteiger charge is 2.40. The monoisotopic (exact) mass is 480 g/mol. The Morgan fingerprint density at radius 2 is 1.91 bits per heavy atom. The van der Waals surface area contributed by atoms with Crippen LogP contribution in [0.5, 0.6) is 0 Å². The van der Waals surface area contributed by atoms with Gasteiger partial charge >= 0.3 is 0 Å². The Bertz CT molecular complexity index is 1300. The molecule has 3 aromatic rings. The van der Waals surface area contributed by atoms with Crippen LogP contribution in [0.1, 0.15) is 0 Å². The van der Waals surface area contributed by atoms with Crippen LogP contribution in [-0.4, -0.2) is 51.9 Å². The number of nitriles is 1. The fourth-order valence-corrected chi connectivity index (χ4v) is 4.36. The lowest BCUT2D eigenvalue weighted by atomic mass is 10.0. The molecule has 33 heavy (non-hydrogen) atoms. The molecular formula is C23H18Cl2N6O2. The molecule has 1 fully saturated rings. The summed E-state index contributed by atoms with van der Waals surface area (Å²) in [7, 11) is 0. The molecule has 2 aromatic carbocycles. The van der Waals surface area contributed by atoms with E-state index >= 15 is 0 Å². The van der Waals surface area contributed by atoms with Crippen molar-refractivity contribution in [3.8, 4) is 17.2 Å². The summed E-state index contributed by atoms with van der Waals surface area (Å²) in [5, 5.41) is 11.5. The molecule has 0 aliphatic carbocycles. The molecule has 8 nitrogen and oxygen atoms in total. The summed E-state index contributed by atoms with van der Waals surface area (Å²) in [6.45, 7) is 3.66. The Kier molecular flexibility index (Phi) is 6.18. The normalized spacial score (nSPS) is 18.1. The van der Waals surface area contributed by atoms with Crippen LogP contribution in [0.25, 0.3) is 22.0 Å². The number of fused-ring (bicyclic) bond motifs is 1. The SMILES string of the molecule is C=CC(=O)N1C(C#N)CN(c2ncnc3cc(Cl)c(-c4ccc(Cl)cc4)cc23)C[C@H]1C(N)=O. The highest BCUT2D eigenvalue weighted by atomic mass is 35.5. The lowest BCUT2D eigenvalue weighted by Crippen LogP contribution is -2.64. The van der Waals surface area contributed by atoms with Gasteiger partial charge in [-0.15, -0.1) is 0 Å². The maximum Gasteiger partial charge on any atom is 0.247 e. The molecule has 1 aromatic heterocycles. The second-order valence-corrected chi connectivity index (χ2v) is 8.31. The van der Waals surface area contributed by atoms with E-state index in [0.29, 0.717) is 26.8 Å². The molecule has 0 spiro atoms. The number of carbonyl (C=O) groups excluding carboxylic acids is 2. The molecule has 1 aliphatic rings. The van der Waals surface area contributed by atoms with Crippen molar-refractivity contribution in [2.24, 2.45) is 5.73 Å². The van der Waals surface area contributed by atoms with E-state index in [9.17, 15) is 14.9 Å². The van der Waals surface area contributed by atoms with Gasteiger partial charge in [-0.2, -0.15) is 5.26 Å². The molecular weight excluding hydrogens is 463 g/mol. The van der Waals surface area contributed by atoms with Gasteiger partial charge in [0.1, 0.15) is 24.2 Å². The van der Waals surface area contributed by atoms with Crippen LogP contribution in [0.15, 0.2) is 55.4 Å². The van der Waals surface area contributed by atoms with Gasteiger partial charge < -0.3 is 15.5 Å². The topological polar surface area (TPSA) is 116 Å². The van der Waals surface area contributed by atoms with E-state index in [1.807, 2.05) is 18.2 Å². The third-order valence-corrected chi connectivity index (χ3v) is 6.09. The molecule has 2 N–H and O–H groups in total. The molecule has 10 heteroatoms. The van der Waals surface area contributed by atoms with Crippen LogP contribution in [-0.2, 0) is 9.59 Å². The van der Waals surface area contributed by atoms with Crippen LogP contribution in [0, 0.1) is 11.3 Å². The zero-order valence-corrected chi connectivity index (χ0v) is 18.8. The maximum absolute atomic E-state index is 12.4. The highest BCUT2D eigenvalue weighted by molar-refractivity contribution is 6.34. The lowest BCUT2D eigenvalue weighted by Gasteiger charge is -2.43. The summed E-state index contributed by atoms with van der Waals surface area (Å²) in [4.78, 5) is 36.2. The number of amides is 2. The number of nitrogens with two attached hydrogens (primary N) is 1. The first kappa shape index (κ1) is 22.5. The summed E-state index contributed by atoms with van der Waals surface area (Å²) >= 11 is 12.5. The average molecular weight is 481 g/mol. The number of rotatable bonds is 4. The second kappa shape index (κ2) is 9.06. The molecule has 2 heterocycles. The van der Waals surface area contributed by atoms with Crippen molar-refractivity contribution in [3.63, 3.8) is 0 Å². The predicted octanol–water partition coefficient (Wildman–Crippen LogP) is 3.18. The minimum atomic E-state index is -1.03. The van der Waals surface area contributed by atoms with Crippen LogP contribution in [0.3, 0.4) is 0 Å². The number of carbonyl (C=O) groups is 2. The van der Waals surface area contributed by atoms with E-state index in [0.717, 1.165) is 17.2 Å². The number of halogens is 2. The van der Waals surface area contributed by atoms with Gasteiger partial charge in [0.05, 0.1) is 23.2 Å². The van der Waals surface area contributed by atoms with E-state index < -0.39 is 23.9 Å². The Morgan fingerprint density at radius 1 is 1.18 bits per heavy atom. The van der Waals surface area contributed by atoms with Crippen molar-refractivity contribution in [3.05, 3.63) is 65.4 Å². The van der Waals surface area contributed by atoms with E-state index in [-0.39, 0.29) is 13.1 Å². The fraction of sp³-hybridized carbons (Fsp3) is 0.174. The molecule has 0 saturated carbocycles. The largest absolute Gasteiger partial charge is 0.368 e. The van der Waals surface area contributed by atoms with Crippen LogP contribution in [0.2, 0.25) is 10.0 Å². The molecule has 1 saturated heterocycles. The van der Waals surface area contributed by atoms with Crippen molar-refractivity contribution in [2.75, 3.05) is 18.0 Å². The van der Waals surface area contributed by atoms with Gasteiger partial charge in [-0.05, 0) is 35.9 Å². The number of nitrogens with zero attached hydrogens (tertiary/aromatic N) is 5. The summed E-state index contributed by atoms with van der Waals surface area (Å²) in [5.74, 6) is -0.753. The van der Waals surface area contributed by atoms with Crippen LogP contribution < -0.4 is 10.6 Å². The van der Waals surface area contributed by atoms with E-state index in [4.69, 9.17) is 28.9 Å². The Morgan fingerprint density at radius 3 is 2.55 bits per heavy atom. The molecule has 4 rings (SSSR count). The average Bonchev–Trinajstić information content (AvgIpc) is 2.82. The highest BCUT2D eigenvalue weighted by Crippen LogP contribution is 2.36. The number of aromatic nitrogens is 2. The number of primary amides is 1. The zero-order chi connectivity index (χ0) is 23.7. The molecule has 0 radical (unpaired) electrons. The Labute approximate surface area is 199 Å². The summed E-state index contributed by atoms with van der Waals surface area (Å²) in [6, 6.07) is 11.0. The number of anilines is 1. The first-order valence-electron chi connectivity index (χ1n) is 9.93. The third kappa shape index (κ3) is 4.21. The zero-order valence-electron chi connectivity index (χ0n) is 17.3. The maximum atomic E-state index is 12.4. The molecule has 0 bridgehead atoms. The second-order valence-electron chi connectivity index (χ2n) is 7.47. The van der Waals surface area contributed by atoms with Gasteiger partial charge in [0.2, 0.25) is 11.8 Å². The summed E-state index contributed by atoms with van der Waals surface area (Å²) in [5.41, 5.74) is 7.79. The van der Waals surface area contributed by atoms with Gasteiger partial charge in [0, 0.05) is 22.5 Å². The minimum absolute atomic E-state index is 0.0676. The van der Waals surface area contributed by atoms with Gasteiger partial charge in [0.15, 0.2) is 0 Å².